The summed E-state index contributed by atoms with van der Waals surface area (Å²) in [5.74, 6) is -4.68. The Hall–Kier alpha value is -3.16. The summed E-state index contributed by atoms with van der Waals surface area (Å²) in [4.78, 5) is 0. The Morgan fingerprint density at radius 3 is 2.09 bits per heavy atom. The molecule has 0 bridgehead atoms. The number of rotatable bonds is 8. The largest absolute Gasteiger partial charge is 0.573 e. The van der Waals surface area contributed by atoms with E-state index in [1.807, 2.05) is 12.1 Å². The number of halogens is 6. The highest BCUT2D eigenvalue weighted by atomic mass is 19.4. The van der Waals surface area contributed by atoms with Gasteiger partial charge in [0.05, 0.1) is 5.56 Å². The molecule has 176 valence electrons. The predicted octanol–water partition coefficient (Wildman–Crippen LogP) is 7.50. The van der Waals surface area contributed by atoms with E-state index in [0.717, 1.165) is 43.0 Å². The number of phenolic OH excluding ortho intramolecular Hbond substituents is 1. The summed E-state index contributed by atoms with van der Waals surface area (Å²) in [7, 11) is 0. The van der Waals surface area contributed by atoms with Crippen LogP contribution in [0.5, 0.6) is 11.5 Å². The predicted molar refractivity (Wildman–Crippen MR) is 113 cm³/mol. The van der Waals surface area contributed by atoms with Crippen molar-refractivity contribution in [3.05, 3.63) is 82.7 Å². The highest BCUT2D eigenvalue weighted by molar-refractivity contribution is 5.72. The van der Waals surface area contributed by atoms with Gasteiger partial charge in [0.2, 0.25) is 0 Å². The van der Waals surface area contributed by atoms with Gasteiger partial charge in [-0.15, -0.1) is 13.2 Å². The second kappa shape index (κ2) is 10.2. The molecule has 3 rings (SSSR count). The van der Waals surface area contributed by atoms with Crippen LogP contribution in [-0.4, -0.2) is 11.5 Å². The lowest BCUT2D eigenvalue weighted by Crippen LogP contribution is -2.18. The molecular formula is C25H22F6O2. The Labute approximate surface area is 187 Å². The van der Waals surface area contributed by atoms with Gasteiger partial charge in [-0.1, -0.05) is 43.7 Å². The number of alkyl halides is 3. The van der Waals surface area contributed by atoms with Crippen LogP contribution < -0.4 is 4.74 Å². The fourth-order valence-corrected chi connectivity index (χ4v) is 3.55. The highest BCUT2D eigenvalue weighted by Gasteiger charge is 2.32. The standard InChI is InChI=1S/C25H22F6O2/c1-2-3-4-15-5-9-17(10-6-15)23-21(32)14-19(26)18(24(23)28)11-7-16-8-12-22(20(27)13-16)33-25(29,30)31/h5-6,8-10,12-14,32H,2-4,7,11H2,1H3. The first kappa shape index (κ1) is 24.5. The normalized spacial score (nSPS) is 11.6. The minimum Gasteiger partial charge on any atom is -0.507 e. The van der Waals surface area contributed by atoms with E-state index in [9.17, 15) is 27.1 Å². The maximum Gasteiger partial charge on any atom is 0.573 e. The SMILES string of the molecule is CCCCc1ccc(-c2c(O)cc(F)c(CCc3ccc(OC(F)(F)F)c(F)c3)c2F)cc1. The number of benzene rings is 3. The molecule has 3 aromatic rings. The minimum absolute atomic E-state index is 0.0444. The van der Waals surface area contributed by atoms with Crippen molar-refractivity contribution in [3.8, 4) is 22.6 Å². The van der Waals surface area contributed by atoms with Crippen LogP contribution >= 0.6 is 0 Å². The van der Waals surface area contributed by atoms with Crippen LogP contribution in [0.3, 0.4) is 0 Å². The van der Waals surface area contributed by atoms with Crippen LogP contribution in [0.15, 0.2) is 48.5 Å². The molecule has 0 atom stereocenters. The zero-order valence-electron chi connectivity index (χ0n) is 17.8. The summed E-state index contributed by atoms with van der Waals surface area (Å²) in [5, 5.41) is 10.2. The number of aromatic hydroxyl groups is 1. The van der Waals surface area contributed by atoms with Gasteiger partial charge in [0, 0.05) is 11.6 Å². The second-order valence-corrected chi connectivity index (χ2v) is 7.66. The van der Waals surface area contributed by atoms with Crippen molar-refractivity contribution in [3.63, 3.8) is 0 Å². The lowest BCUT2D eigenvalue weighted by atomic mass is 9.95. The molecule has 0 radical (unpaired) electrons. The van der Waals surface area contributed by atoms with E-state index < -0.39 is 35.3 Å². The van der Waals surface area contributed by atoms with Crippen molar-refractivity contribution < 1.29 is 36.2 Å². The van der Waals surface area contributed by atoms with Crippen molar-refractivity contribution in [2.24, 2.45) is 0 Å². The van der Waals surface area contributed by atoms with Crippen molar-refractivity contribution in [2.45, 2.75) is 45.4 Å². The van der Waals surface area contributed by atoms with Crippen LogP contribution in [0, 0.1) is 17.5 Å². The molecule has 0 aliphatic heterocycles. The van der Waals surface area contributed by atoms with E-state index in [4.69, 9.17) is 0 Å². The number of phenols is 1. The van der Waals surface area contributed by atoms with Gasteiger partial charge in [0.1, 0.15) is 17.4 Å². The summed E-state index contributed by atoms with van der Waals surface area (Å²) in [5.41, 5.74) is 1.21. The molecule has 0 aliphatic carbocycles. The van der Waals surface area contributed by atoms with Crippen molar-refractivity contribution in [2.75, 3.05) is 0 Å². The average molecular weight is 468 g/mol. The van der Waals surface area contributed by atoms with Crippen molar-refractivity contribution in [1.29, 1.82) is 0 Å². The van der Waals surface area contributed by atoms with E-state index in [1.165, 1.54) is 6.07 Å². The molecule has 8 heteroatoms. The monoisotopic (exact) mass is 468 g/mol. The van der Waals surface area contributed by atoms with Crippen LogP contribution in [0.4, 0.5) is 26.3 Å². The molecule has 0 fully saturated rings. The van der Waals surface area contributed by atoms with Gasteiger partial charge in [-0.3, -0.25) is 0 Å². The summed E-state index contributed by atoms with van der Waals surface area (Å²) < 4.78 is 83.9. The molecule has 0 aromatic heterocycles. The third-order valence-electron chi connectivity index (χ3n) is 5.24. The van der Waals surface area contributed by atoms with Crippen molar-refractivity contribution >= 4 is 0 Å². The fraction of sp³-hybridized carbons (Fsp3) is 0.280. The van der Waals surface area contributed by atoms with Gasteiger partial charge in [-0.05, 0) is 54.5 Å². The summed E-state index contributed by atoms with van der Waals surface area (Å²) in [6.07, 6.45) is -2.38. The molecular weight excluding hydrogens is 446 g/mol. The maximum absolute atomic E-state index is 15.2. The number of unbranched alkanes of at least 4 members (excludes halogenated alkanes) is 1. The maximum atomic E-state index is 15.2. The molecule has 0 saturated carbocycles. The Kier molecular flexibility index (Phi) is 7.56. The van der Waals surface area contributed by atoms with E-state index in [1.54, 1.807) is 12.1 Å². The summed E-state index contributed by atoms with van der Waals surface area (Å²) in [6, 6.07) is 10.6. The molecule has 33 heavy (non-hydrogen) atoms. The van der Waals surface area contributed by atoms with Gasteiger partial charge in [0.15, 0.2) is 11.6 Å². The zero-order chi connectivity index (χ0) is 24.2. The lowest BCUT2D eigenvalue weighted by molar-refractivity contribution is -0.275. The summed E-state index contributed by atoms with van der Waals surface area (Å²) >= 11 is 0. The zero-order valence-corrected chi connectivity index (χ0v) is 17.8. The molecule has 2 nitrogen and oxygen atoms in total. The van der Waals surface area contributed by atoms with Gasteiger partial charge in [-0.25, -0.2) is 13.2 Å². The van der Waals surface area contributed by atoms with Crippen LogP contribution in [0.2, 0.25) is 0 Å². The van der Waals surface area contributed by atoms with Crippen LogP contribution in [0.25, 0.3) is 11.1 Å². The Balaban J connectivity index is 1.82. The molecule has 0 unspecified atom stereocenters. The molecule has 0 heterocycles. The Morgan fingerprint density at radius 2 is 1.48 bits per heavy atom. The topological polar surface area (TPSA) is 29.5 Å². The number of hydrogen-bond acceptors (Lipinski definition) is 2. The third-order valence-corrected chi connectivity index (χ3v) is 5.24. The summed E-state index contributed by atoms with van der Waals surface area (Å²) in [6.45, 7) is 2.07. The number of aryl methyl sites for hydroxylation is 2. The van der Waals surface area contributed by atoms with E-state index >= 15 is 4.39 Å². The smallest absolute Gasteiger partial charge is 0.507 e. The first-order valence-electron chi connectivity index (χ1n) is 10.4. The minimum atomic E-state index is -5.04. The third kappa shape index (κ3) is 6.21. The van der Waals surface area contributed by atoms with Crippen molar-refractivity contribution in [1.82, 2.24) is 0 Å². The number of hydrogen-bond donors (Lipinski definition) is 1. The molecule has 0 saturated heterocycles. The average Bonchev–Trinajstić information content (AvgIpc) is 2.73. The highest BCUT2D eigenvalue weighted by Crippen LogP contribution is 2.36. The van der Waals surface area contributed by atoms with Gasteiger partial charge >= 0.3 is 6.36 Å². The second-order valence-electron chi connectivity index (χ2n) is 7.66. The van der Waals surface area contributed by atoms with Gasteiger partial charge in [-0.2, -0.15) is 0 Å². The van der Waals surface area contributed by atoms with Gasteiger partial charge < -0.3 is 9.84 Å². The first-order valence-corrected chi connectivity index (χ1v) is 10.4. The van der Waals surface area contributed by atoms with E-state index in [-0.39, 0.29) is 29.5 Å². The van der Waals surface area contributed by atoms with Crippen LogP contribution in [-0.2, 0) is 19.3 Å². The molecule has 0 aliphatic rings. The molecule has 0 amide bonds. The molecule has 1 N–H and O–H groups in total. The fourth-order valence-electron chi connectivity index (χ4n) is 3.55. The number of ether oxygens (including phenoxy) is 1. The Morgan fingerprint density at radius 1 is 0.818 bits per heavy atom. The molecule has 3 aromatic carbocycles. The lowest BCUT2D eigenvalue weighted by Gasteiger charge is -2.13. The van der Waals surface area contributed by atoms with E-state index in [0.29, 0.717) is 5.56 Å². The Bertz CT molecular complexity index is 1110. The van der Waals surface area contributed by atoms with Crippen LogP contribution in [0.1, 0.15) is 36.5 Å². The molecule has 0 spiro atoms. The quantitative estimate of drug-likeness (QED) is 0.347. The first-order chi connectivity index (χ1) is 15.6. The van der Waals surface area contributed by atoms with E-state index in [2.05, 4.69) is 11.7 Å². The van der Waals surface area contributed by atoms with Gasteiger partial charge in [0.25, 0.3) is 0 Å².